The normalized spacial score (nSPS) is 33.3. The van der Waals surface area contributed by atoms with Crippen LogP contribution in [0.4, 0.5) is 4.39 Å². The fourth-order valence-corrected chi connectivity index (χ4v) is 5.02. The van der Waals surface area contributed by atoms with Gasteiger partial charge in [-0.05, 0) is 62.3 Å². The van der Waals surface area contributed by atoms with E-state index < -0.39 is 11.9 Å². The van der Waals surface area contributed by atoms with Crippen LogP contribution in [0.15, 0.2) is 23.1 Å². The van der Waals surface area contributed by atoms with Crippen molar-refractivity contribution in [2.45, 2.75) is 77.6 Å². The second-order valence-corrected chi connectivity index (χ2v) is 10.7. The minimum absolute atomic E-state index is 0.0309. The highest BCUT2D eigenvalue weighted by atomic mass is 19.1. The fourth-order valence-electron chi connectivity index (χ4n) is 5.02. The zero-order valence-corrected chi connectivity index (χ0v) is 19.0. The number of nitrogens with one attached hydrogen (secondary N) is 1. The largest absolute Gasteiger partial charge is 0.381 e. The van der Waals surface area contributed by atoms with Gasteiger partial charge in [-0.3, -0.25) is 9.69 Å². The molecule has 0 spiro atoms. The van der Waals surface area contributed by atoms with Crippen LogP contribution in [-0.4, -0.2) is 53.2 Å². The average Bonchev–Trinajstić information content (AvgIpc) is 2.77. The van der Waals surface area contributed by atoms with Gasteiger partial charge in [0.15, 0.2) is 0 Å². The second-order valence-electron chi connectivity index (χ2n) is 10.7. The third-order valence-electron chi connectivity index (χ3n) is 7.09. The molecule has 3 heterocycles. The molecule has 3 rings (SSSR count). The van der Waals surface area contributed by atoms with E-state index in [0.29, 0.717) is 32.1 Å². The van der Waals surface area contributed by atoms with E-state index in [1.165, 1.54) is 0 Å². The van der Waals surface area contributed by atoms with Crippen LogP contribution in [0.5, 0.6) is 0 Å². The molecule has 0 radical (unpaired) electrons. The Morgan fingerprint density at radius 3 is 2.77 bits per heavy atom. The number of pyridine rings is 1. The Bertz CT molecular complexity index is 742. The quantitative estimate of drug-likeness (QED) is 0.770. The van der Waals surface area contributed by atoms with Gasteiger partial charge in [0.1, 0.15) is 11.9 Å². The number of rotatable bonds is 3. The molecule has 0 bridgehead atoms. The maximum absolute atomic E-state index is 14.5. The van der Waals surface area contributed by atoms with Gasteiger partial charge in [0.25, 0.3) is 5.56 Å². The predicted molar refractivity (Wildman–Crippen MR) is 117 cm³/mol. The molecule has 5 unspecified atom stereocenters. The number of aromatic nitrogens is 1. The number of alkyl halides is 1. The van der Waals surface area contributed by atoms with Gasteiger partial charge in [-0.2, -0.15) is 0 Å². The smallest absolute Gasteiger partial charge is 0.251 e. The summed E-state index contributed by atoms with van der Waals surface area (Å²) in [5.41, 5.74) is -0.412. The van der Waals surface area contributed by atoms with Crippen LogP contribution < -0.4 is 5.56 Å². The Morgan fingerprint density at radius 1 is 1.33 bits per heavy atom. The zero-order valence-electron chi connectivity index (χ0n) is 19.0. The van der Waals surface area contributed by atoms with Crippen LogP contribution >= 0.6 is 0 Å². The second kappa shape index (κ2) is 9.49. The van der Waals surface area contributed by atoms with Gasteiger partial charge in [-0.1, -0.05) is 26.8 Å². The predicted octanol–water partition coefficient (Wildman–Crippen LogP) is 4.08. The van der Waals surface area contributed by atoms with Gasteiger partial charge in [0.05, 0.1) is 6.61 Å². The molecule has 0 saturated carbocycles. The van der Waals surface area contributed by atoms with Gasteiger partial charge in [-0.25, -0.2) is 4.39 Å². The molecule has 2 aliphatic heterocycles. The van der Waals surface area contributed by atoms with Crippen LogP contribution in [0.1, 0.15) is 71.3 Å². The molecule has 6 heteroatoms. The van der Waals surface area contributed by atoms with Crippen molar-refractivity contribution in [2.24, 2.45) is 17.3 Å². The molecular formula is C24H39FN2O3. The van der Waals surface area contributed by atoms with Gasteiger partial charge < -0.3 is 14.8 Å². The number of likely N-dealkylation sites (tertiary alicyclic amines) is 1. The Kier molecular flexibility index (Phi) is 7.41. The van der Waals surface area contributed by atoms with E-state index in [4.69, 9.17) is 4.74 Å². The van der Waals surface area contributed by atoms with Crippen molar-refractivity contribution in [2.75, 3.05) is 26.3 Å². The van der Waals surface area contributed by atoms with Crippen molar-refractivity contribution in [1.82, 2.24) is 9.88 Å². The number of hydrogen-bond acceptors (Lipinski definition) is 4. The van der Waals surface area contributed by atoms with Crippen LogP contribution in [0.3, 0.4) is 0 Å². The van der Waals surface area contributed by atoms with E-state index in [-0.39, 0.29) is 29.4 Å². The van der Waals surface area contributed by atoms with Gasteiger partial charge in [-0.15, -0.1) is 0 Å². The Labute approximate surface area is 180 Å². The highest BCUT2D eigenvalue weighted by Crippen LogP contribution is 2.39. The summed E-state index contributed by atoms with van der Waals surface area (Å²) in [6.07, 6.45) is 4.69. The van der Waals surface area contributed by atoms with Crippen molar-refractivity contribution >= 4 is 0 Å². The maximum atomic E-state index is 14.5. The molecule has 1 aromatic heterocycles. The third-order valence-corrected chi connectivity index (χ3v) is 7.09. The fraction of sp³-hybridized carbons (Fsp3) is 0.792. The summed E-state index contributed by atoms with van der Waals surface area (Å²) >= 11 is 0. The van der Waals surface area contributed by atoms with Gasteiger partial charge in [0, 0.05) is 37.4 Å². The van der Waals surface area contributed by atoms with Crippen LogP contribution in [0.25, 0.3) is 0 Å². The first-order valence-corrected chi connectivity index (χ1v) is 11.4. The monoisotopic (exact) mass is 422 g/mol. The third kappa shape index (κ3) is 5.92. The maximum Gasteiger partial charge on any atom is 0.251 e. The van der Waals surface area contributed by atoms with Crippen molar-refractivity contribution in [3.8, 4) is 0 Å². The molecule has 2 saturated heterocycles. The summed E-state index contributed by atoms with van der Waals surface area (Å²) in [5, 5.41) is 11.1. The number of ether oxygens (including phenoxy) is 1. The number of aromatic amines is 1. The standard InChI is InChI=1S/C24H39FN2O3/c1-23(2,3)19-13-17(20-7-5-11-26-21(20)28)8-9-18(14-30-15-19)22(29)27-12-6-10-24(4,25)16-27/h5,7,11,17-19,22,29H,6,8-10,12-16H2,1-4H3,(H,26,28). The molecule has 2 aliphatic rings. The lowest BCUT2D eigenvalue weighted by Crippen LogP contribution is -2.51. The number of aliphatic hydroxyl groups is 1. The van der Waals surface area contributed by atoms with Gasteiger partial charge >= 0.3 is 0 Å². The SMILES string of the molecule is CC1(F)CCCN(C(O)C2CCC(c3ccc[nH]c3=O)CC(C(C)(C)C)COC2)C1. The van der Waals surface area contributed by atoms with E-state index in [9.17, 15) is 14.3 Å². The molecule has 170 valence electrons. The van der Waals surface area contributed by atoms with Crippen molar-refractivity contribution in [3.63, 3.8) is 0 Å². The first-order chi connectivity index (χ1) is 14.1. The molecule has 2 fully saturated rings. The van der Waals surface area contributed by atoms with Gasteiger partial charge in [0.2, 0.25) is 0 Å². The summed E-state index contributed by atoms with van der Waals surface area (Å²) in [6, 6.07) is 3.81. The molecule has 30 heavy (non-hydrogen) atoms. The molecular weight excluding hydrogens is 383 g/mol. The van der Waals surface area contributed by atoms with Crippen LogP contribution in [0, 0.1) is 17.3 Å². The Balaban J connectivity index is 1.80. The number of H-pyrrole nitrogens is 1. The molecule has 5 atom stereocenters. The minimum atomic E-state index is -1.25. The van der Waals surface area contributed by atoms with Crippen molar-refractivity contribution in [3.05, 3.63) is 34.2 Å². The molecule has 0 aromatic carbocycles. The zero-order chi connectivity index (χ0) is 21.9. The number of hydrogen-bond donors (Lipinski definition) is 2. The summed E-state index contributed by atoms with van der Waals surface area (Å²) < 4.78 is 20.7. The van der Waals surface area contributed by atoms with E-state index >= 15 is 0 Å². The topological polar surface area (TPSA) is 65.6 Å². The highest BCUT2D eigenvalue weighted by molar-refractivity contribution is 5.15. The molecule has 1 aromatic rings. The van der Waals surface area contributed by atoms with Crippen LogP contribution in [0.2, 0.25) is 0 Å². The summed E-state index contributed by atoms with van der Waals surface area (Å²) in [4.78, 5) is 17.2. The number of piperidine rings is 1. The van der Waals surface area contributed by atoms with E-state index in [1.807, 2.05) is 17.0 Å². The van der Waals surface area contributed by atoms with Crippen molar-refractivity contribution in [1.29, 1.82) is 0 Å². The Morgan fingerprint density at radius 2 is 2.10 bits per heavy atom. The summed E-state index contributed by atoms with van der Waals surface area (Å²) in [7, 11) is 0. The Hall–Kier alpha value is -1.24. The van der Waals surface area contributed by atoms with E-state index in [1.54, 1.807) is 13.1 Å². The minimum Gasteiger partial charge on any atom is -0.381 e. The first-order valence-electron chi connectivity index (χ1n) is 11.4. The molecule has 5 nitrogen and oxygen atoms in total. The number of halogens is 1. The average molecular weight is 423 g/mol. The summed E-state index contributed by atoms with van der Waals surface area (Å²) in [6.45, 7) is 10.3. The number of nitrogens with zero attached hydrogens (tertiary/aromatic N) is 1. The number of aliphatic hydroxyl groups excluding tert-OH is 1. The van der Waals surface area contributed by atoms with E-state index in [2.05, 4.69) is 25.8 Å². The van der Waals surface area contributed by atoms with Crippen LogP contribution in [-0.2, 0) is 4.74 Å². The highest BCUT2D eigenvalue weighted by Gasteiger charge is 2.38. The molecule has 2 N–H and O–H groups in total. The molecule has 0 amide bonds. The lowest BCUT2D eigenvalue weighted by molar-refractivity contribution is -0.102. The first kappa shape index (κ1) is 23.4. The molecule has 0 aliphatic carbocycles. The lowest BCUT2D eigenvalue weighted by Gasteiger charge is -2.40. The lowest BCUT2D eigenvalue weighted by atomic mass is 9.74. The van der Waals surface area contributed by atoms with E-state index in [0.717, 1.165) is 31.2 Å². The van der Waals surface area contributed by atoms with Crippen molar-refractivity contribution < 1.29 is 14.2 Å². The summed E-state index contributed by atoms with van der Waals surface area (Å²) in [5.74, 6) is 0.327.